The monoisotopic (exact) mass is 771 g/mol. The molecule has 9 nitrogen and oxygen atoms in total. The average molecular weight is 771 g/mol. The Morgan fingerprint density at radius 3 is 1.52 bits per heavy atom. The van der Waals surface area contributed by atoms with Crippen LogP contribution in [0.25, 0.3) is 0 Å². The van der Waals surface area contributed by atoms with Crippen molar-refractivity contribution < 1.29 is 33.6 Å². The van der Waals surface area contributed by atoms with E-state index in [-0.39, 0.29) is 25.2 Å². The zero-order chi connectivity index (χ0) is 40.0. The van der Waals surface area contributed by atoms with Crippen LogP contribution in [-0.4, -0.2) is 80.5 Å². The molecule has 0 aliphatic heterocycles. The highest BCUT2D eigenvalue weighted by Crippen LogP contribution is 2.19. The van der Waals surface area contributed by atoms with Crippen LogP contribution >= 0.6 is 0 Å². The lowest BCUT2D eigenvalue weighted by atomic mass is 9.99. The topological polar surface area (TPSA) is 115 Å². The van der Waals surface area contributed by atoms with Gasteiger partial charge in [0.05, 0.1) is 31.0 Å². The zero-order valence-corrected chi connectivity index (χ0v) is 36.5. The van der Waals surface area contributed by atoms with Crippen LogP contribution in [0.4, 0.5) is 4.79 Å². The van der Waals surface area contributed by atoms with E-state index in [0.717, 1.165) is 19.3 Å². The van der Waals surface area contributed by atoms with Gasteiger partial charge >= 0.3 is 6.09 Å². The van der Waals surface area contributed by atoms with Gasteiger partial charge in [0, 0.05) is 19.8 Å². The summed E-state index contributed by atoms with van der Waals surface area (Å²) in [6, 6.07) is 0. The summed E-state index contributed by atoms with van der Waals surface area (Å²) in [7, 11) is 0. The third kappa shape index (κ3) is 37.5. The predicted molar refractivity (Wildman–Crippen MR) is 225 cm³/mol. The summed E-state index contributed by atoms with van der Waals surface area (Å²) in [5, 5.41) is 15.6. The number of amides is 2. The second-order valence-corrected chi connectivity index (χ2v) is 16.6. The molecule has 0 bridgehead atoms. The van der Waals surface area contributed by atoms with E-state index in [9.17, 15) is 14.7 Å². The Kier molecular flexibility index (Phi) is 36.2. The molecule has 2 amide bonds. The first-order valence-electron chi connectivity index (χ1n) is 22.8. The van der Waals surface area contributed by atoms with Crippen LogP contribution in [0.2, 0.25) is 0 Å². The largest absolute Gasteiger partial charge is 0.447 e. The van der Waals surface area contributed by atoms with E-state index in [1.807, 2.05) is 27.7 Å². The van der Waals surface area contributed by atoms with Crippen molar-refractivity contribution in [2.75, 3.05) is 46.1 Å². The first kappa shape index (κ1) is 52.6. The maximum atomic E-state index is 12.4. The van der Waals surface area contributed by atoms with Gasteiger partial charge in [-0.1, -0.05) is 162 Å². The average Bonchev–Trinajstić information content (AvgIpc) is 3.14. The fourth-order valence-electron chi connectivity index (χ4n) is 6.33. The van der Waals surface area contributed by atoms with Gasteiger partial charge in [-0.2, -0.15) is 0 Å². The summed E-state index contributed by atoms with van der Waals surface area (Å²) in [6.07, 6.45) is 32.1. The standard InChI is InChI=1S/C45H90N2O7/c1-7-10-12-14-16-18-20-22-24-26-28-30-35-51-39-41(52-36-31-29-27-25-23-21-19-17-15-13-11-8-2)40-53-43(49)47-38-42(48)46-34-32-44(4,5)54-37-33-45(6,50)9-3/h41,50H,7-40H2,1-6H3,(H,46,48)(H,47,49)/t41-,45?/m1/s1. The van der Waals surface area contributed by atoms with Gasteiger partial charge in [-0.25, -0.2) is 4.79 Å². The van der Waals surface area contributed by atoms with Gasteiger partial charge in [0.2, 0.25) is 5.91 Å². The summed E-state index contributed by atoms with van der Waals surface area (Å²) < 4.78 is 23.5. The smallest absolute Gasteiger partial charge is 0.407 e. The van der Waals surface area contributed by atoms with Crippen molar-refractivity contribution in [2.45, 2.75) is 232 Å². The Bertz CT molecular complexity index is 839. The molecule has 0 saturated heterocycles. The second-order valence-electron chi connectivity index (χ2n) is 16.6. The molecule has 0 radical (unpaired) electrons. The van der Waals surface area contributed by atoms with Crippen molar-refractivity contribution in [3.8, 4) is 0 Å². The highest BCUT2D eigenvalue weighted by atomic mass is 16.6. The summed E-state index contributed by atoms with van der Waals surface area (Å²) in [5.74, 6) is -0.290. The number of hydrogen-bond donors (Lipinski definition) is 3. The van der Waals surface area contributed by atoms with Gasteiger partial charge in [0.1, 0.15) is 12.7 Å². The van der Waals surface area contributed by atoms with E-state index in [4.69, 9.17) is 18.9 Å². The fraction of sp³-hybridized carbons (Fsp3) is 0.956. The van der Waals surface area contributed by atoms with Crippen molar-refractivity contribution in [1.82, 2.24) is 10.6 Å². The lowest BCUT2D eigenvalue weighted by molar-refractivity contribution is -0.120. The van der Waals surface area contributed by atoms with Crippen molar-refractivity contribution in [3.63, 3.8) is 0 Å². The Hall–Kier alpha value is -1.42. The van der Waals surface area contributed by atoms with Crippen LogP contribution in [0.1, 0.15) is 215 Å². The van der Waals surface area contributed by atoms with Gasteiger partial charge in [0.15, 0.2) is 0 Å². The predicted octanol–water partition coefficient (Wildman–Crippen LogP) is 11.4. The van der Waals surface area contributed by atoms with Crippen LogP contribution in [0.3, 0.4) is 0 Å². The normalized spacial score (nSPS) is 13.5. The zero-order valence-electron chi connectivity index (χ0n) is 36.5. The Labute approximate surface area is 333 Å². The second kappa shape index (κ2) is 37.2. The van der Waals surface area contributed by atoms with Crippen molar-refractivity contribution in [1.29, 1.82) is 0 Å². The summed E-state index contributed by atoms with van der Waals surface area (Å²) in [4.78, 5) is 24.8. The summed E-state index contributed by atoms with van der Waals surface area (Å²) in [6.45, 7) is 14.7. The third-order valence-corrected chi connectivity index (χ3v) is 10.5. The van der Waals surface area contributed by atoms with Gasteiger partial charge in [-0.05, 0) is 52.9 Å². The molecule has 0 aromatic heterocycles. The lowest BCUT2D eigenvalue weighted by Crippen LogP contribution is -2.40. The summed E-state index contributed by atoms with van der Waals surface area (Å²) in [5.41, 5.74) is -1.18. The van der Waals surface area contributed by atoms with Gasteiger partial charge in [-0.15, -0.1) is 0 Å². The molecule has 0 fully saturated rings. The van der Waals surface area contributed by atoms with Gasteiger partial charge in [0.25, 0.3) is 0 Å². The van der Waals surface area contributed by atoms with Crippen molar-refractivity contribution in [2.24, 2.45) is 0 Å². The van der Waals surface area contributed by atoms with Crippen molar-refractivity contribution >= 4 is 12.0 Å². The first-order valence-corrected chi connectivity index (χ1v) is 22.8. The molecule has 2 atom stereocenters. The summed E-state index contributed by atoms with van der Waals surface area (Å²) >= 11 is 0. The number of unbranched alkanes of at least 4 members (excludes halogenated alkanes) is 22. The third-order valence-electron chi connectivity index (χ3n) is 10.5. The molecule has 3 N–H and O–H groups in total. The van der Waals surface area contributed by atoms with Crippen LogP contribution in [0.5, 0.6) is 0 Å². The Morgan fingerprint density at radius 1 is 0.574 bits per heavy atom. The number of alkyl carbamates (subject to hydrolysis) is 1. The molecule has 0 aromatic carbocycles. The maximum absolute atomic E-state index is 12.4. The molecule has 0 aliphatic carbocycles. The SMILES string of the molecule is CCCCCCCCCCCCCCOC[C@H](COC(=O)NCC(=O)NCCC(C)(C)OCCC(C)(O)CC)OCCCCCCCCCCCCCC. The number of hydrogen-bond acceptors (Lipinski definition) is 7. The number of rotatable bonds is 41. The maximum Gasteiger partial charge on any atom is 0.407 e. The molecule has 0 aliphatic rings. The minimum atomic E-state index is -0.734. The Morgan fingerprint density at radius 2 is 1.04 bits per heavy atom. The molecule has 0 heterocycles. The molecule has 1 unspecified atom stereocenters. The van der Waals surface area contributed by atoms with E-state index < -0.39 is 17.3 Å². The minimum Gasteiger partial charge on any atom is -0.447 e. The number of nitrogens with one attached hydrogen (secondary N) is 2. The first-order chi connectivity index (χ1) is 26.0. The molecule has 0 aromatic rings. The van der Waals surface area contributed by atoms with E-state index in [2.05, 4.69) is 24.5 Å². The number of ether oxygens (including phenoxy) is 4. The number of carbonyl (C=O) groups excluding carboxylic acids is 2. The molecule has 0 saturated carbocycles. The van der Waals surface area contributed by atoms with Crippen molar-refractivity contribution in [3.05, 3.63) is 0 Å². The highest BCUT2D eigenvalue weighted by Gasteiger charge is 2.22. The molecule has 0 rings (SSSR count). The molecule has 9 heteroatoms. The molecule has 0 spiro atoms. The highest BCUT2D eigenvalue weighted by molar-refractivity contribution is 5.82. The van der Waals surface area contributed by atoms with Crippen LogP contribution in [0.15, 0.2) is 0 Å². The van der Waals surface area contributed by atoms with E-state index in [1.54, 1.807) is 0 Å². The fourth-order valence-corrected chi connectivity index (χ4v) is 6.33. The van der Waals surface area contributed by atoms with Crippen LogP contribution < -0.4 is 10.6 Å². The van der Waals surface area contributed by atoms with Gasteiger partial charge < -0.3 is 34.7 Å². The van der Waals surface area contributed by atoms with Gasteiger partial charge in [-0.3, -0.25) is 4.79 Å². The minimum absolute atomic E-state index is 0.0839. The van der Waals surface area contributed by atoms with Crippen LogP contribution in [-0.2, 0) is 23.7 Å². The molecule has 54 heavy (non-hydrogen) atoms. The van der Waals surface area contributed by atoms with E-state index in [0.29, 0.717) is 52.2 Å². The quantitative estimate of drug-likeness (QED) is 0.0530. The number of aliphatic hydroxyl groups is 1. The molecular weight excluding hydrogens is 681 g/mol. The van der Waals surface area contributed by atoms with E-state index >= 15 is 0 Å². The van der Waals surface area contributed by atoms with Crippen LogP contribution in [0, 0.1) is 0 Å². The number of carbonyl (C=O) groups is 2. The molecular formula is C45H90N2O7. The molecule has 322 valence electrons. The Balaban J connectivity index is 4.35. The van der Waals surface area contributed by atoms with E-state index in [1.165, 1.54) is 135 Å². The lowest BCUT2D eigenvalue weighted by Gasteiger charge is -2.28.